The van der Waals surface area contributed by atoms with Crippen molar-refractivity contribution in [2.24, 2.45) is 5.92 Å². The zero-order valence-electron chi connectivity index (χ0n) is 12.4. The zero-order valence-corrected chi connectivity index (χ0v) is 13.3. The summed E-state index contributed by atoms with van der Waals surface area (Å²) in [6.07, 6.45) is 4.46. The van der Waals surface area contributed by atoms with Crippen molar-refractivity contribution in [2.45, 2.75) is 38.3 Å². The number of sulfonamides is 1. The molecule has 1 aliphatic heterocycles. The summed E-state index contributed by atoms with van der Waals surface area (Å²) in [5.41, 5.74) is 0. The molecule has 1 N–H and O–H groups in total. The molecule has 7 nitrogen and oxygen atoms in total. The monoisotopic (exact) mass is 314 g/mol. The average Bonchev–Trinajstić information content (AvgIpc) is 2.97. The lowest BCUT2D eigenvalue weighted by atomic mass is 9.99. The van der Waals surface area contributed by atoms with Crippen molar-refractivity contribution in [3.63, 3.8) is 0 Å². The van der Waals surface area contributed by atoms with Gasteiger partial charge in [-0.1, -0.05) is 0 Å². The Morgan fingerprint density at radius 3 is 2.86 bits per heavy atom. The molecule has 1 aromatic rings. The van der Waals surface area contributed by atoms with E-state index in [1.807, 2.05) is 13.8 Å². The van der Waals surface area contributed by atoms with E-state index in [0.29, 0.717) is 26.1 Å². The van der Waals surface area contributed by atoms with Crippen LogP contribution in [0.1, 0.15) is 26.7 Å². The van der Waals surface area contributed by atoms with Gasteiger partial charge in [-0.15, -0.1) is 0 Å². The largest absolute Gasteiger partial charge is 0.356 e. The molecule has 1 amide bonds. The summed E-state index contributed by atoms with van der Waals surface area (Å²) < 4.78 is 28.2. The summed E-state index contributed by atoms with van der Waals surface area (Å²) in [4.78, 5) is 15.9. The van der Waals surface area contributed by atoms with Gasteiger partial charge in [-0.3, -0.25) is 4.79 Å². The van der Waals surface area contributed by atoms with Crippen LogP contribution in [0.2, 0.25) is 0 Å². The number of nitrogens with one attached hydrogen (secondary N) is 1. The van der Waals surface area contributed by atoms with Crippen molar-refractivity contribution >= 4 is 15.9 Å². The highest BCUT2D eigenvalue weighted by molar-refractivity contribution is 7.89. The molecule has 2 rings (SSSR count). The maximum absolute atomic E-state index is 12.6. The first kappa shape index (κ1) is 16.0. The fourth-order valence-electron chi connectivity index (χ4n) is 2.47. The summed E-state index contributed by atoms with van der Waals surface area (Å²) in [7, 11) is -3.61. The van der Waals surface area contributed by atoms with Crippen molar-refractivity contribution in [3.05, 3.63) is 12.5 Å². The predicted molar refractivity (Wildman–Crippen MR) is 78.1 cm³/mol. The first-order valence-corrected chi connectivity index (χ1v) is 8.72. The molecule has 1 saturated heterocycles. The van der Waals surface area contributed by atoms with Crippen LogP contribution in [0, 0.1) is 5.92 Å². The number of amides is 1. The molecule has 1 fully saturated rings. The quantitative estimate of drug-likeness (QED) is 0.854. The fraction of sp³-hybridized carbons (Fsp3) is 0.692. The van der Waals surface area contributed by atoms with Crippen LogP contribution in [0.5, 0.6) is 0 Å². The Morgan fingerprint density at radius 2 is 2.24 bits per heavy atom. The van der Waals surface area contributed by atoms with E-state index in [0.717, 1.165) is 6.42 Å². The summed E-state index contributed by atoms with van der Waals surface area (Å²) in [6, 6.07) is 0. The second-order valence-corrected chi connectivity index (χ2v) is 7.02. The van der Waals surface area contributed by atoms with E-state index >= 15 is 0 Å². The summed E-state index contributed by atoms with van der Waals surface area (Å²) >= 11 is 0. The molecule has 0 aromatic carbocycles. The van der Waals surface area contributed by atoms with E-state index in [4.69, 9.17) is 0 Å². The van der Waals surface area contributed by atoms with E-state index in [1.54, 1.807) is 4.57 Å². The molecular weight excluding hydrogens is 292 g/mol. The number of carbonyl (C=O) groups excluding carboxylic acids is 1. The van der Waals surface area contributed by atoms with Crippen LogP contribution in [0.15, 0.2) is 17.6 Å². The summed E-state index contributed by atoms with van der Waals surface area (Å²) in [5.74, 6) is -0.349. The fourth-order valence-corrected chi connectivity index (χ4v) is 3.93. The second-order valence-electron chi connectivity index (χ2n) is 5.14. The number of aryl methyl sites for hydroxylation is 1. The highest BCUT2D eigenvalue weighted by Crippen LogP contribution is 2.23. The predicted octanol–water partition coefficient (Wildman–Crippen LogP) is 0.440. The van der Waals surface area contributed by atoms with Crippen LogP contribution >= 0.6 is 0 Å². The molecular formula is C13H22N4O3S. The SMILES string of the molecule is CCNC(=O)C1CCCN(S(=O)(=O)c2cn(CC)cn2)C1. The molecule has 1 aromatic heterocycles. The van der Waals surface area contributed by atoms with Crippen molar-refractivity contribution in [3.8, 4) is 0 Å². The molecule has 0 radical (unpaired) electrons. The minimum Gasteiger partial charge on any atom is -0.356 e. The van der Waals surface area contributed by atoms with E-state index in [9.17, 15) is 13.2 Å². The van der Waals surface area contributed by atoms with Gasteiger partial charge in [-0.25, -0.2) is 13.4 Å². The minimum atomic E-state index is -3.61. The van der Waals surface area contributed by atoms with E-state index in [1.165, 1.54) is 16.8 Å². The smallest absolute Gasteiger partial charge is 0.262 e. The van der Waals surface area contributed by atoms with Gasteiger partial charge in [0, 0.05) is 32.4 Å². The molecule has 2 heterocycles. The lowest BCUT2D eigenvalue weighted by molar-refractivity contribution is -0.125. The van der Waals surface area contributed by atoms with Crippen LogP contribution < -0.4 is 5.32 Å². The highest BCUT2D eigenvalue weighted by Gasteiger charge is 2.34. The van der Waals surface area contributed by atoms with Crippen LogP contribution in [-0.4, -0.2) is 47.8 Å². The third-order valence-electron chi connectivity index (χ3n) is 3.68. The van der Waals surface area contributed by atoms with Gasteiger partial charge >= 0.3 is 0 Å². The van der Waals surface area contributed by atoms with Crippen molar-refractivity contribution < 1.29 is 13.2 Å². The highest BCUT2D eigenvalue weighted by atomic mass is 32.2. The van der Waals surface area contributed by atoms with Gasteiger partial charge in [0.2, 0.25) is 5.91 Å². The number of nitrogens with zero attached hydrogens (tertiary/aromatic N) is 3. The Kier molecular flexibility index (Phi) is 5.00. The third-order valence-corrected chi connectivity index (χ3v) is 5.44. The van der Waals surface area contributed by atoms with E-state index in [2.05, 4.69) is 10.3 Å². The normalized spacial score (nSPS) is 20.4. The molecule has 0 bridgehead atoms. The average molecular weight is 314 g/mol. The van der Waals surface area contributed by atoms with Crippen molar-refractivity contribution in [1.29, 1.82) is 0 Å². The van der Waals surface area contributed by atoms with Crippen LogP contribution in [0.25, 0.3) is 0 Å². The van der Waals surface area contributed by atoms with Crippen molar-refractivity contribution in [1.82, 2.24) is 19.2 Å². The summed E-state index contributed by atoms with van der Waals surface area (Å²) in [5, 5.41) is 2.82. The topological polar surface area (TPSA) is 84.3 Å². The standard InChI is InChI=1S/C13H22N4O3S/c1-3-14-13(18)11-6-5-7-17(8-11)21(19,20)12-9-16(4-2)10-15-12/h9-11H,3-8H2,1-2H3,(H,14,18). The van der Waals surface area contributed by atoms with Gasteiger partial charge in [0.1, 0.15) is 0 Å². The maximum atomic E-state index is 12.6. The summed E-state index contributed by atoms with van der Waals surface area (Å²) in [6.45, 7) is 5.67. The van der Waals surface area contributed by atoms with Gasteiger partial charge < -0.3 is 9.88 Å². The number of hydrogen-bond acceptors (Lipinski definition) is 4. The third kappa shape index (κ3) is 3.44. The van der Waals surface area contributed by atoms with E-state index < -0.39 is 10.0 Å². The Morgan fingerprint density at radius 1 is 1.48 bits per heavy atom. The zero-order chi connectivity index (χ0) is 15.5. The Labute approximate surface area is 125 Å². The van der Waals surface area contributed by atoms with Crippen LogP contribution in [0.4, 0.5) is 0 Å². The first-order chi connectivity index (χ1) is 9.98. The molecule has 1 unspecified atom stereocenters. The molecule has 1 aliphatic rings. The molecule has 0 saturated carbocycles. The lowest BCUT2D eigenvalue weighted by Gasteiger charge is -2.30. The number of piperidine rings is 1. The van der Waals surface area contributed by atoms with Crippen LogP contribution in [-0.2, 0) is 21.4 Å². The Bertz CT molecular complexity index is 596. The molecule has 8 heteroatoms. The molecule has 21 heavy (non-hydrogen) atoms. The molecule has 0 aliphatic carbocycles. The molecule has 118 valence electrons. The number of hydrogen-bond donors (Lipinski definition) is 1. The van der Waals surface area contributed by atoms with Gasteiger partial charge in [0.05, 0.1) is 12.2 Å². The van der Waals surface area contributed by atoms with Gasteiger partial charge in [-0.05, 0) is 26.7 Å². The number of aromatic nitrogens is 2. The second kappa shape index (κ2) is 6.57. The van der Waals surface area contributed by atoms with Gasteiger partial charge in [0.15, 0.2) is 5.03 Å². The Hall–Kier alpha value is -1.41. The number of carbonyl (C=O) groups is 1. The number of imidazole rings is 1. The molecule has 1 atom stereocenters. The van der Waals surface area contributed by atoms with Crippen molar-refractivity contribution in [2.75, 3.05) is 19.6 Å². The van der Waals surface area contributed by atoms with Gasteiger partial charge in [-0.2, -0.15) is 4.31 Å². The van der Waals surface area contributed by atoms with Crippen LogP contribution in [0.3, 0.4) is 0 Å². The number of rotatable bonds is 5. The first-order valence-electron chi connectivity index (χ1n) is 7.28. The molecule has 0 spiro atoms. The maximum Gasteiger partial charge on any atom is 0.262 e. The minimum absolute atomic E-state index is 0.0564. The van der Waals surface area contributed by atoms with Gasteiger partial charge in [0.25, 0.3) is 10.0 Å². The van der Waals surface area contributed by atoms with E-state index in [-0.39, 0.29) is 23.4 Å². The lowest BCUT2D eigenvalue weighted by Crippen LogP contribution is -2.45. The Balaban J connectivity index is 2.14.